The summed E-state index contributed by atoms with van der Waals surface area (Å²) < 4.78 is 15.8. The molecule has 1 aliphatic heterocycles. The molecular formula is C15H23ClN2O3. The Morgan fingerprint density at radius 1 is 1.29 bits per heavy atom. The number of hydrogen-bond donors (Lipinski definition) is 1. The van der Waals surface area contributed by atoms with Gasteiger partial charge in [0.1, 0.15) is 0 Å². The molecule has 1 fully saturated rings. The zero-order valence-electron chi connectivity index (χ0n) is 12.8. The fourth-order valence-electron chi connectivity index (χ4n) is 2.90. The summed E-state index contributed by atoms with van der Waals surface area (Å²) in [6.45, 7) is 2.45. The predicted octanol–water partition coefficient (Wildman–Crippen LogP) is 2.08. The van der Waals surface area contributed by atoms with E-state index in [-0.39, 0.29) is 12.1 Å². The van der Waals surface area contributed by atoms with Gasteiger partial charge in [0.25, 0.3) is 0 Å². The maximum Gasteiger partial charge on any atom is 0.179 e. The SMILES string of the molecule is COCCN1CCC(N)C1c1ccc(OC)c(OC)c1Cl. The standard InChI is InChI=1S/C15H23ClN2O3/c1-19-9-8-18-7-6-11(17)14(18)10-4-5-12(20-2)15(21-3)13(10)16/h4-5,11,14H,6-9,17H2,1-3H3. The quantitative estimate of drug-likeness (QED) is 0.871. The highest BCUT2D eigenvalue weighted by atomic mass is 35.5. The Morgan fingerprint density at radius 3 is 2.67 bits per heavy atom. The molecule has 6 heteroatoms. The minimum absolute atomic E-state index is 0.0532. The lowest BCUT2D eigenvalue weighted by atomic mass is 10.00. The number of nitrogens with zero attached hydrogens (tertiary/aromatic N) is 1. The van der Waals surface area contributed by atoms with Crippen LogP contribution in [0.25, 0.3) is 0 Å². The van der Waals surface area contributed by atoms with Gasteiger partial charge >= 0.3 is 0 Å². The van der Waals surface area contributed by atoms with Gasteiger partial charge in [-0.2, -0.15) is 0 Å². The molecule has 0 radical (unpaired) electrons. The molecule has 5 nitrogen and oxygen atoms in total. The van der Waals surface area contributed by atoms with Crippen molar-refractivity contribution in [1.29, 1.82) is 0 Å². The third-order valence-corrected chi connectivity index (χ3v) is 4.35. The van der Waals surface area contributed by atoms with Crippen molar-refractivity contribution in [3.8, 4) is 11.5 Å². The highest BCUT2D eigenvalue weighted by molar-refractivity contribution is 6.33. The molecule has 0 saturated carbocycles. The number of ether oxygens (including phenoxy) is 3. The first-order valence-corrected chi connectivity index (χ1v) is 7.40. The Labute approximate surface area is 130 Å². The van der Waals surface area contributed by atoms with Crippen LogP contribution in [-0.4, -0.2) is 52.0 Å². The first-order chi connectivity index (χ1) is 10.1. The first kappa shape index (κ1) is 16.4. The predicted molar refractivity (Wildman–Crippen MR) is 83.3 cm³/mol. The van der Waals surface area contributed by atoms with Crippen molar-refractivity contribution < 1.29 is 14.2 Å². The van der Waals surface area contributed by atoms with Crippen LogP contribution in [0.5, 0.6) is 11.5 Å². The molecule has 0 bridgehead atoms. The lowest BCUT2D eigenvalue weighted by Crippen LogP contribution is -2.34. The monoisotopic (exact) mass is 314 g/mol. The molecule has 0 aliphatic carbocycles. The number of hydrogen-bond acceptors (Lipinski definition) is 5. The Morgan fingerprint density at radius 2 is 2.05 bits per heavy atom. The summed E-state index contributed by atoms with van der Waals surface area (Å²) in [6, 6.07) is 3.98. The van der Waals surface area contributed by atoms with E-state index in [0.717, 1.165) is 25.1 Å². The molecule has 0 amide bonds. The number of nitrogens with two attached hydrogens (primary N) is 1. The van der Waals surface area contributed by atoms with Crippen molar-refractivity contribution in [2.24, 2.45) is 5.73 Å². The summed E-state index contributed by atoms with van der Waals surface area (Å²) in [6.07, 6.45) is 0.944. The average molecular weight is 315 g/mol. The third-order valence-electron chi connectivity index (χ3n) is 3.96. The Balaban J connectivity index is 2.34. The van der Waals surface area contributed by atoms with E-state index < -0.39 is 0 Å². The van der Waals surface area contributed by atoms with E-state index in [2.05, 4.69) is 4.90 Å². The van der Waals surface area contributed by atoms with Crippen molar-refractivity contribution in [2.45, 2.75) is 18.5 Å². The molecule has 2 atom stereocenters. The molecule has 1 aromatic rings. The van der Waals surface area contributed by atoms with Crippen LogP contribution in [0.1, 0.15) is 18.0 Å². The Kier molecular flexibility index (Phi) is 5.70. The molecular weight excluding hydrogens is 292 g/mol. The number of methoxy groups -OCH3 is 3. The summed E-state index contributed by atoms with van der Waals surface area (Å²) >= 11 is 6.52. The zero-order chi connectivity index (χ0) is 15.4. The van der Waals surface area contributed by atoms with Gasteiger partial charge in [0.2, 0.25) is 0 Å². The van der Waals surface area contributed by atoms with Crippen LogP contribution in [0, 0.1) is 0 Å². The molecule has 2 unspecified atom stereocenters. The second-order valence-electron chi connectivity index (χ2n) is 5.13. The second-order valence-corrected chi connectivity index (χ2v) is 5.51. The summed E-state index contributed by atoms with van der Waals surface area (Å²) in [5.41, 5.74) is 7.27. The zero-order valence-corrected chi connectivity index (χ0v) is 13.5. The number of benzene rings is 1. The van der Waals surface area contributed by atoms with Crippen LogP contribution in [-0.2, 0) is 4.74 Å². The Bertz CT molecular complexity index is 484. The van der Waals surface area contributed by atoms with Gasteiger partial charge in [0.15, 0.2) is 11.5 Å². The number of likely N-dealkylation sites (tertiary alicyclic amines) is 1. The van der Waals surface area contributed by atoms with E-state index in [9.17, 15) is 0 Å². The van der Waals surface area contributed by atoms with Crippen LogP contribution in [0.2, 0.25) is 5.02 Å². The van der Waals surface area contributed by atoms with Gasteiger partial charge < -0.3 is 19.9 Å². The van der Waals surface area contributed by atoms with Crippen molar-refractivity contribution >= 4 is 11.6 Å². The molecule has 1 aliphatic rings. The maximum absolute atomic E-state index is 6.52. The summed E-state index contributed by atoms with van der Waals surface area (Å²) in [4.78, 5) is 2.31. The normalized spacial score (nSPS) is 22.5. The van der Waals surface area contributed by atoms with Gasteiger partial charge in [0, 0.05) is 26.2 Å². The van der Waals surface area contributed by atoms with E-state index >= 15 is 0 Å². The molecule has 1 aromatic carbocycles. The van der Waals surface area contributed by atoms with E-state index in [1.54, 1.807) is 21.3 Å². The summed E-state index contributed by atoms with van der Waals surface area (Å²) in [5.74, 6) is 1.18. The van der Waals surface area contributed by atoms with E-state index in [4.69, 9.17) is 31.5 Å². The van der Waals surface area contributed by atoms with Gasteiger partial charge in [0.05, 0.1) is 31.9 Å². The third kappa shape index (κ3) is 3.26. The minimum atomic E-state index is 0.0532. The largest absolute Gasteiger partial charge is 0.493 e. The summed E-state index contributed by atoms with van der Waals surface area (Å²) in [7, 11) is 4.89. The number of rotatable bonds is 6. The first-order valence-electron chi connectivity index (χ1n) is 7.03. The maximum atomic E-state index is 6.52. The van der Waals surface area contributed by atoms with Gasteiger partial charge in [-0.3, -0.25) is 4.90 Å². The lowest BCUT2D eigenvalue weighted by molar-refractivity contribution is 0.139. The molecule has 0 spiro atoms. The molecule has 1 saturated heterocycles. The molecule has 21 heavy (non-hydrogen) atoms. The van der Waals surface area contributed by atoms with Crippen LogP contribution in [0.3, 0.4) is 0 Å². The highest BCUT2D eigenvalue weighted by Gasteiger charge is 2.35. The minimum Gasteiger partial charge on any atom is -0.493 e. The van der Waals surface area contributed by atoms with Gasteiger partial charge in [-0.1, -0.05) is 17.7 Å². The van der Waals surface area contributed by atoms with Crippen molar-refractivity contribution in [2.75, 3.05) is 41.0 Å². The number of halogens is 1. The highest BCUT2D eigenvalue weighted by Crippen LogP contribution is 2.43. The van der Waals surface area contributed by atoms with Crippen LogP contribution >= 0.6 is 11.6 Å². The Hall–Kier alpha value is -1.01. The van der Waals surface area contributed by atoms with Crippen LogP contribution in [0.4, 0.5) is 0 Å². The van der Waals surface area contributed by atoms with Crippen LogP contribution in [0.15, 0.2) is 12.1 Å². The van der Waals surface area contributed by atoms with Crippen molar-refractivity contribution in [3.63, 3.8) is 0 Å². The average Bonchev–Trinajstić information content (AvgIpc) is 2.85. The second kappa shape index (κ2) is 7.31. The summed E-state index contributed by atoms with van der Waals surface area (Å²) in [5, 5.41) is 0.571. The molecule has 1 heterocycles. The van der Waals surface area contributed by atoms with Gasteiger partial charge in [-0.15, -0.1) is 0 Å². The van der Waals surface area contributed by atoms with Crippen molar-refractivity contribution in [1.82, 2.24) is 4.90 Å². The molecule has 0 aromatic heterocycles. The fraction of sp³-hybridized carbons (Fsp3) is 0.600. The van der Waals surface area contributed by atoms with Gasteiger partial charge in [-0.25, -0.2) is 0 Å². The lowest BCUT2D eigenvalue weighted by Gasteiger charge is -2.28. The van der Waals surface area contributed by atoms with E-state index in [0.29, 0.717) is 23.1 Å². The molecule has 2 rings (SSSR count). The van der Waals surface area contributed by atoms with Crippen LogP contribution < -0.4 is 15.2 Å². The fourth-order valence-corrected chi connectivity index (χ4v) is 3.25. The topological polar surface area (TPSA) is 57.0 Å². The van der Waals surface area contributed by atoms with Gasteiger partial charge in [-0.05, 0) is 18.1 Å². The molecule has 2 N–H and O–H groups in total. The molecule has 118 valence electrons. The van der Waals surface area contributed by atoms with Crippen molar-refractivity contribution in [3.05, 3.63) is 22.7 Å². The van der Waals surface area contributed by atoms with E-state index in [1.807, 2.05) is 12.1 Å². The smallest absolute Gasteiger partial charge is 0.179 e. The van der Waals surface area contributed by atoms with E-state index in [1.165, 1.54) is 0 Å².